The van der Waals surface area contributed by atoms with Crippen LogP contribution in [0.15, 0.2) is 33.9 Å². The summed E-state index contributed by atoms with van der Waals surface area (Å²) >= 11 is 0. The molecule has 8 heteroatoms. The minimum Gasteiger partial charge on any atom is -0.380 e. The number of nitrogens with one attached hydrogen (secondary N) is 1. The Hall–Kier alpha value is -2.45. The van der Waals surface area contributed by atoms with Crippen molar-refractivity contribution in [2.24, 2.45) is 0 Å². The van der Waals surface area contributed by atoms with Crippen molar-refractivity contribution in [3.63, 3.8) is 0 Å². The third kappa shape index (κ3) is 4.49. The predicted octanol–water partition coefficient (Wildman–Crippen LogP) is 0.798. The van der Waals surface area contributed by atoms with Gasteiger partial charge in [-0.1, -0.05) is 0 Å². The lowest BCUT2D eigenvalue weighted by molar-refractivity contribution is 0.154. The average molecular weight is 416 g/mol. The van der Waals surface area contributed by atoms with Crippen LogP contribution in [0.5, 0.6) is 0 Å². The molecular formula is C22H30FN5O2. The fraction of sp³-hybridized carbons (Fsp3) is 0.545. The first-order valence-electron chi connectivity index (χ1n) is 10.8. The first kappa shape index (κ1) is 20.8. The highest BCUT2D eigenvalue weighted by molar-refractivity contribution is 5.75. The van der Waals surface area contributed by atoms with Gasteiger partial charge < -0.3 is 24.9 Å². The van der Waals surface area contributed by atoms with E-state index in [9.17, 15) is 14.0 Å². The van der Waals surface area contributed by atoms with Crippen LogP contribution in [0, 0.1) is 5.82 Å². The van der Waals surface area contributed by atoms with Gasteiger partial charge in [0.1, 0.15) is 17.2 Å². The summed E-state index contributed by atoms with van der Waals surface area (Å²) in [4.78, 5) is 33.3. The summed E-state index contributed by atoms with van der Waals surface area (Å²) in [5.41, 5.74) is 1.22. The summed E-state index contributed by atoms with van der Waals surface area (Å²) in [7, 11) is 2.14. The Labute approximate surface area is 176 Å². The van der Waals surface area contributed by atoms with Crippen LogP contribution in [0.2, 0.25) is 0 Å². The van der Waals surface area contributed by atoms with Gasteiger partial charge in [0.05, 0.1) is 0 Å². The van der Waals surface area contributed by atoms with Crippen LogP contribution >= 0.6 is 0 Å². The summed E-state index contributed by atoms with van der Waals surface area (Å²) < 4.78 is 13.1. The van der Waals surface area contributed by atoms with Gasteiger partial charge in [-0.05, 0) is 44.3 Å². The van der Waals surface area contributed by atoms with Gasteiger partial charge in [0.15, 0.2) is 0 Å². The number of likely N-dealkylation sites (N-methyl/N-ethyl adjacent to an activating group) is 1. The quantitative estimate of drug-likeness (QED) is 0.530. The number of anilines is 3. The Bertz CT molecular complexity index is 909. The maximum Gasteiger partial charge on any atom is 0.253 e. The lowest BCUT2D eigenvalue weighted by Crippen LogP contribution is -2.51. The van der Waals surface area contributed by atoms with Crippen molar-refractivity contribution in [2.75, 3.05) is 87.6 Å². The second-order valence-corrected chi connectivity index (χ2v) is 8.26. The van der Waals surface area contributed by atoms with Gasteiger partial charge >= 0.3 is 0 Å². The lowest BCUT2D eigenvalue weighted by Gasteiger charge is -2.38. The topological polar surface area (TPSA) is 59.1 Å². The highest BCUT2D eigenvalue weighted by Crippen LogP contribution is 2.24. The molecule has 4 rings (SSSR count). The fourth-order valence-corrected chi connectivity index (χ4v) is 4.27. The predicted molar refractivity (Wildman–Crippen MR) is 119 cm³/mol. The van der Waals surface area contributed by atoms with E-state index in [0.29, 0.717) is 31.0 Å². The Morgan fingerprint density at radius 3 is 2.17 bits per heavy atom. The van der Waals surface area contributed by atoms with E-state index in [1.807, 2.05) is 4.90 Å². The van der Waals surface area contributed by atoms with Crippen molar-refractivity contribution in [1.29, 1.82) is 0 Å². The molecule has 0 amide bonds. The van der Waals surface area contributed by atoms with Gasteiger partial charge in [-0.2, -0.15) is 0 Å². The molecule has 0 bridgehead atoms. The largest absolute Gasteiger partial charge is 0.380 e. The Morgan fingerprint density at radius 1 is 0.867 bits per heavy atom. The molecule has 1 N–H and O–H groups in total. The Kier molecular flexibility index (Phi) is 6.34. The summed E-state index contributed by atoms with van der Waals surface area (Å²) in [6.07, 6.45) is 0.945. The van der Waals surface area contributed by atoms with Crippen LogP contribution in [-0.2, 0) is 0 Å². The van der Waals surface area contributed by atoms with Crippen LogP contribution in [-0.4, -0.2) is 82.3 Å². The van der Waals surface area contributed by atoms with Crippen molar-refractivity contribution in [2.45, 2.75) is 6.42 Å². The van der Waals surface area contributed by atoms with E-state index in [1.165, 1.54) is 12.1 Å². The van der Waals surface area contributed by atoms with Crippen LogP contribution < -0.4 is 26.0 Å². The summed E-state index contributed by atoms with van der Waals surface area (Å²) in [5.74, 6) is -0.246. The molecule has 162 valence electrons. The van der Waals surface area contributed by atoms with Gasteiger partial charge in [0.25, 0.3) is 10.9 Å². The molecule has 2 aliphatic rings. The Balaban J connectivity index is 1.27. The van der Waals surface area contributed by atoms with E-state index in [2.05, 4.69) is 27.1 Å². The van der Waals surface area contributed by atoms with Crippen LogP contribution in [0.3, 0.4) is 0 Å². The van der Waals surface area contributed by atoms with Crippen molar-refractivity contribution >= 4 is 17.1 Å². The molecule has 7 nitrogen and oxygen atoms in total. The molecule has 2 aliphatic heterocycles. The maximum absolute atomic E-state index is 13.1. The molecule has 2 aromatic carbocycles. The Morgan fingerprint density at radius 2 is 1.50 bits per heavy atom. The van der Waals surface area contributed by atoms with E-state index in [0.717, 1.165) is 57.9 Å². The van der Waals surface area contributed by atoms with E-state index in [1.54, 1.807) is 12.1 Å². The monoisotopic (exact) mass is 415 g/mol. The van der Waals surface area contributed by atoms with E-state index in [-0.39, 0.29) is 11.2 Å². The molecule has 0 aromatic heterocycles. The maximum atomic E-state index is 13.1. The first-order valence-corrected chi connectivity index (χ1v) is 10.8. The second-order valence-electron chi connectivity index (χ2n) is 8.26. The normalized spacial score (nSPS) is 18.9. The molecular weight excluding hydrogens is 385 g/mol. The lowest BCUT2D eigenvalue weighted by atomic mass is 10.1. The fourth-order valence-electron chi connectivity index (χ4n) is 4.27. The SMILES string of the molecule is CN1CCN(CCCNc2c(N3CCN(c4ccc(F)cc4)CC3)c(=O)c2=O)CC1. The number of hydrogen-bond acceptors (Lipinski definition) is 7. The van der Waals surface area contributed by atoms with E-state index in [4.69, 9.17) is 0 Å². The van der Waals surface area contributed by atoms with Gasteiger partial charge in [-0.25, -0.2) is 4.39 Å². The molecule has 0 radical (unpaired) electrons. The number of halogens is 1. The van der Waals surface area contributed by atoms with Gasteiger partial charge in [0, 0.05) is 64.6 Å². The van der Waals surface area contributed by atoms with Crippen LogP contribution in [0.25, 0.3) is 0 Å². The molecule has 30 heavy (non-hydrogen) atoms. The molecule has 0 atom stereocenters. The minimum absolute atomic E-state index is 0.246. The molecule has 0 aliphatic carbocycles. The third-order valence-electron chi connectivity index (χ3n) is 6.22. The molecule has 0 saturated carbocycles. The van der Waals surface area contributed by atoms with Crippen molar-refractivity contribution < 1.29 is 4.39 Å². The van der Waals surface area contributed by atoms with Crippen molar-refractivity contribution in [3.05, 3.63) is 50.5 Å². The summed E-state index contributed by atoms with van der Waals surface area (Å²) in [6, 6.07) is 6.47. The minimum atomic E-state index is -0.398. The third-order valence-corrected chi connectivity index (χ3v) is 6.22. The molecule has 2 aromatic rings. The first-order chi connectivity index (χ1) is 14.5. The number of rotatable bonds is 7. The molecule has 0 unspecified atom stereocenters. The average Bonchev–Trinajstić information content (AvgIpc) is 2.77. The summed E-state index contributed by atoms with van der Waals surface area (Å²) in [6.45, 7) is 8.85. The number of benzene rings is 1. The molecule has 2 saturated heterocycles. The number of piperazine rings is 2. The highest BCUT2D eigenvalue weighted by Gasteiger charge is 2.28. The van der Waals surface area contributed by atoms with Gasteiger partial charge in [0.2, 0.25) is 0 Å². The smallest absolute Gasteiger partial charge is 0.253 e. The second kappa shape index (κ2) is 9.14. The van der Waals surface area contributed by atoms with E-state index >= 15 is 0 Å². The number of nitrogens with zero attached hydrogens (tertiary/aromatic N) is 4. The van der Waals surface area contributed by atoms with Crippen molar-refractivity contribution in [3.8, 4) is 0 Å². The van der Waals surface area contributed by atoms with Crippen LogP contribution in [0.1, 0.15) is 6.42 Å². The van der Waals surface area contributed by atoms with Crippen molar-refractivity contribution in [1.82, 2.24) is 9.80 Å². The molecule has 2 fully saturated rings. The summed E-state index contributed by atoms with van der Waals surface area (Å²) in [5, 5.41) is 3.22. The zero-order chi connectivity index (χ0) is 21.1. The number of hydrogen-bond donors (Lipinski definition) is 1. The zero-order valence-electron chi connectivity index (χ0n) is 17.6. The van der Waals surface area contributed by atoms with Crippen LogP contribution in [0.4, 0.5) is 21.5 Å². The molecule has 0 spiro atoms. The van der Waals surface area contributed by atoms with Gasteiger partial charge in [-0.15, -0.1) is 0 Å². The van der Waals surface area contributed by atoms with E-state index < -0.39 is 5.43 Å². The highest BCUT2D eigenvalue weighted by atomic mass is 19.1. The standard InChI is InChI=1S/C22H30FN5O2/c1-25-9-11-26(12-10-25)8-2-7-24-19-20(22(30)21(19)29)28-15-13-27(14-16-28)18-5-3-17(23)4-6-18/h3-6,24H,2,7-16H2,1H3. The zero-order valence-corrected chi connectivity index (χ0v) is 17.6. The van der Waals surface area contributed by atoms with Gasteiger partial charge in [-0.3, -0.25) is 9.59 Å². The molecule has 2 heterocycles.